The maximum atomic E-state index is 14.3. The van der Waals surface area contributed by atoms with E-state index in [1.54, 1.807) is 6.07 Å². The number of rotatable bonds is 8. The van der Waals surface area contributed by atoms with Crippen LogP contribution in [0, 0.1) is 18.6 Å². The lowest BCUT2D eigenvalue weighted by Crippen LogP contribution is -2.20. The fourth-order valence-corrected chi connectivity index (χ4v) is 2.71. The Bertz CT molecular complexity index is 1090. The molecule has 2 N–H and O–H groups in total. The standard InChI is InChI=1S/C20H20F2N4O4/c1-12-7-16(29-2)19(22)15(18(12)21)11-30-14-8-23-20(24-9-14)25-13-3-4-17(28)26(10-13)5-6-27/h3-4,7-10,27H,5-6,11H2,1-2H3,(H,23,24,25). The van der Waals surface area contributed by atoms with Crippen LogP contribution in [0.15, 0.2) is 41.6 Å². The fourth-order valence-electron chi connectivity index (χ4n) is 2.71. The molecule has 3 aromatic rings. The maximum absolute atomic E-state index is 14.3. The molecule has 2 aromatic heterocycles. The summed E-state index contributed by atoms with van der Waals surface area (Å²) in [4.78, 5) is 19.8. The van der Waals surface area contributed by atoms with Gasteiger partial charge in [0.15, 0.2) is 17.3 Å². The van der Waals surface area contributed by atoms with Crippen molar-refractivity contribution in [2.45, 2.75) is 20.1 Å². The Labute approximate surface area is 170 Å². The van der Waals surface area contributed by atoms with Crippen LogP contribution in [0.1, 0.15) is 11.1 Å². The van der Waals surface area contributed by atoms with Crippen molar-refractivity contribution in [2.75, 3.05) is 19.0 Å². The van der Waals surface area contributed by atoms with Gasteiger partial charge in [-0.15, -0.1) is 0 Å². The van der Waals surface area contributed by atoms with E-state index in [4.69, 9.17) is 14.6 Å². The van der Waals surface area contributed by atoms with Crippen molar-refractivity contribution < 1.29 is 23.4 Å². The average molecular weight is 418 g/mol. The van der Waals surface area contributed by atoms with E-state index in [0.717, 1.165) is 0 Å². The van der Waals surface area contributed by atoms with Crippen molar-refractivity contribution in [1.82, 2.24) is 14.5 Å². The van der Waals surface area contributed by atoms with Gasteiger partial charge in [0.1, 0.15) is 12.4 Å². The van der Waals surface area contributed by atoms with Crippen LogP contribution in [-0.2, 0) is 13.2 Å². The van der Waals surface area contributed by atoms with Crippen LogP contribution in [0.4, 0.5) is 20.4 Å². The van der Waals surface area contributed by atoms with Gasteiger partial charge in [-0.25, -0.2) is 18.7 Å². The van der Waals surface area contributed by atoms with Crippen molar-refractivity contribution in [3.8, 4) is 11.5 Å². The summed E-state index contributed by atoms with van der Waals surface area (Å²) in [6.45, 7) is 1.14. The number of aliphatic hydroxyl groups excluding tert-OH is 1. The lowest BCUT2D eigenvalue weighted by atomic mass is 10.1. The minimum Gasteiger partial charge on any atom is -0.494 e. The molecule has 0 fully saturated rings. The first kappa shape index (κ1) is 21.2. The van der Waals surface area contributed by atoms with E-state index in [1.165, 1.54) is 49.3 Å². The monoisotopic (exact) mass is 418 g/mol. The highest BCUT2D eigenvalue weighted by Gasteiger charge is 2.18. The number of methoxy groups -OCH3 is 1. The third kappa shape index (κ3) is 4.71. The smallest absolute Gasteiger partial charge is 0.250 e. The zero-order valence-corrected chi connectivity index (χ0v) is 16.4. The molecule has 1 aromatic carbocycles. The molecule has 8 nitrogen and oxygen atoms in total. The van der Waals surface area contributed by atoms with Crippen molar-refractivity contribution >= 4 is 11.6 Å². The van der Waals surface area contributed by atoms with Gasteiger partial charge >= 0.3 is 0 Å². The molecule has 0 amide bonds. The molecule has 0 spiro atoms. The highest BCUT2D eigenvalue weighted by molar-refractivity contribution is 5.51. The topological polar surface area (TPSA) is 98.5 Å². The van der Waals surface area contributed by atoms with E-state index in [9.17, 15) is 13.6 Å². The van der Waals surface area contributed by atoms with Gasteiger partial charge in [-0.1, -0.05) is 0 Å². The molecule has 0 saturated heterocycles. The predicted octanol–water partition coefficient (Wildman–Crippen LogP) is 2.55. The van der Waals surface area contributed by atoms with Gasteiger partial charge in [-0.2, -0.15) is 0 Å². The predicted molar refractivity (Wildman–Crippen MR) is 105 cm³/mol. The number of anilines is 2. The number of aryl methyl sites for hydroxylation is 1. The minimum absolute atomic E-state index is 0.0640. The minimum atomic E-state index is -0.821. The molecule has 0 aliphatic heterocycles. The van der Waals surface area contributed by atoms with Gasteiger partial charge in [-0.05, 0) is 24.6 Å². The van der Waals surface area contributed by atoms with Gasteiger partial charge < -0.3 is 24.5 Å². The van der Waals surface area contributed by atoms with E-state index in [1.807, 2.05) is 0 Å². The SMILES string of the molecule is COc1cc(C)c(F)c(COc2cnc(Nc3ccc(=O)n(CCO)c3)nc2)c1F. The fraction of sp³-hybridized carbons (Fsp3) is 0.250. The molecule has 0 radical (unpaired) electrons. The molecular formula is C20H20F2N4O4. The van der Waals surface area contributed by atoms with Gasteiger partial charge in [0.25, 0.3) is 5.56 Å². The molecule has 0 bridgehead atoms. The van der Waals surface area contributed by atoms with Gasteiger partial charge in [0.2, 0.25) is 5.95 Å². The van der Waals surface area contributed by atoms with Crippen LogP contribution in [0.25, 0.3) is 0 Å². The number of hydrogen-bond donors (Lipinski definition) is 2. The van der Waals surface area contributed by atoms with Gasteiger partial charge in [-0.3, -0.25) is 4.79 Å². The summed E-state index contributed by atoms with van der Waals surface area (Å²) in [7, 11) is 1.30. The van der Waals surface area contributed by atoms with E-state index in [0.29, 0.717) is 5.69 Å². The van der Waals surface area contributed by atoms with Crippen LogP contribution in [0.3, 0.4) is 0 Å². The molecule has 0 saturated carbocycles. The number of aliphatic hydroxyl groups is 1. The zero-order chi connectivity index (χ0) is 21.7. The first-order chi connectivity index (χ1) is 14.4. The summed E-state index contributed by atoms with van der Waals surface area (Å²) in [5.74, 6) is -1.15. The third-order valence-corrected chi connectivity index (χ3v) is 4.25. The van der Waals surface area contributed by atoms with E-state index in [-0.39, 0.29) is 53.9 Å². The summed E-state index contributed by atoms with van der Waals surface area (Å²) in [6, 6.07) is 4.19. The Morgan fingerprint density at radius 3 is 2.60 bits per heavy atom. The number of nitrogens with one attached hydrogen (secondary N) is 1. The van der Waals surface area contributed by atoms with Crippen molar-refractivity contribution in [3.63, 3.8) is 0 Å². The molecular weight excluding hydrogens is 398 g/mol. The summed E-state index contributed by atoms with van der Waals surface area (Å²) in [5, 5.41) is 11.9. The Morgan fingerprint density at radius 1 is 1.20 bits per heavy atom. The summed E-state index contributed by atoms with van der Waals surface area (Å²) < 4.78 is 40.2. The van der Waals surface area contributed by atoms with Crippen molar-refractivity contribution in [1.29, 1.82) is 0 Å². The normalized spacial score (nSPS) is 10.7. The van der Waals surface area contributed by atoms with E-state index < -0.39 is 11.6 Å². The van der Waals surface area contributed by atoms with Crippen LogP contribution in [0.2, 0.25) is 0 Å². The molecule has 10 heteroatoms. The molecule has 2 heterocycles. The molecule has 0 atom stereocenters. The van der Waals surface area contributed by atoms with Gasteiger partial charge in [0, 0.05) is 18.8 Å². The quantitative estimate of drug-likeness (QED) is 0.580. The van der Waals surface area contributed by atoms with Gasteiger partial charge in [0.05, 0.1) is 37.4 Å². The number of benzene rings is 1. The number of ether oxygens (including phenoxy) is 2. The van der Waals surface area contributed by atoms with Crippen LogP contribution in [-0.4, -0.2) is 33.4 Å². The highest BCUT2D eigenvalue weighted by atomic mass is 19.1. The molecule has 158 valence electrons. The van der Waals surface area contributed by atoms with Crippen molar-refractivity contribution in [2.24, 2.45) is 0 Å². The average Bonchev–Trinajstić information content (AvgIpc) is 2.74. The van der Waals surface area contributed by atoms with Crippen LogP contribution >= 0.6 is 0 Å². The Hall–Kier alpha value is -3.53. The lowest BCUT2D eigenvalue weighted by Gasteiger charge is -2.12. The summed E-state index contributed by atoms with van der Waals surface area (Å²) in [6.07, 6.45) is 4.23. The third-order valence-electron chi connectivity index (χ3n) is 4.25. The Balaban J connectivity index is 1.69. The largest absolute Gasteiger partial charge is 0.494 e. The second kappa shape index (κ2) is 9.31. The number of hydrogen-bond acceptors (Lipinski definition) is 7. The number of halogens is 2. The molecule has 0 aliphatic carbocycles. The van der Waals surface area contributed by atoms with Crippen LogP contribution in [0.5, 0.6) is 11.5 Å². The maximum Gasteiger partial charge on any atom is 0.250 e. The second-order valence-corrected chi connectivity index (χ2v) is 6.33. The van der Waals surface area contributed by atoms with Crippen molar-refractivity contribution in [3.05, 3.63) is 69.9 Å². The first-order valence-corrected chi connectivity index (χ1v) is 8.97. The number of pyridine rings is 1. The Kier molecular flexibility index (Phi) is 6.58. The molecule has 0 aliphatic rings. The van der Waals surface area contributed by atoms with Crippen LogP contribution < -0.4 is 20.3 Å². The zero-order valence-electron chi connectivity index (χ0n) is 16.4. The number of aromatic nitrogens is 3. The number of nitrogens with zero attached hydrogens (tertiary/aromatic N) is 3. The van der Waals surface area contributed by atoms with E-state index in [2.05, 4.69) is 15.3 Å². The first-order valence-electron chi connectivity index (χ1n) is 8.97. The summed E-state index contributed by atoms with van der Waals surface area (Å²) in [5.41, 5.74) is 0.296. The summed E-state index contributed by atoms with van der Waals surface area (Å²) >= 11 is 0. The highest BCUT2D eigenvalue weighted by Crippen LogP contribution is 2.27. The van der Waals surface area contributed by atoms with E-state index >= 15 is 0 Å². The molecule has 0 unspecified atom stereocenters. The Morgan fingerprint density at radius 2 is 1.93 bits per heavy atom. The molecule has 3 rings (SSSR count). The lowest BCUT2D eigenvalue weighted by molar-refractivity contribution is 0.274. The second-order valence-electron chi connectivity index (χ2n) is 6.33. The molecule has 30 heavy (non-hydrogen) atoms.